The van der Waals surface area contributed by atoms with Crippen molar-refractivity contribution < 1.29 is 0 Å². The third-order valence-electron chi connectivity index (χ3n) is 11.1. The predicted molar refractivity (Wildman–Crippen MR) is 204 cm³/mol. The molecule has 0 amide bonds. The van der Waals surface area contributed by atoms with Gasteiger partial charge in [-0.05, 0) is 142 Å². The van der Waals surface area contributed by atoms with E-state index in [4.69, 9.17) is 0 Å². The van der Waals surface area contributed by atoms with E-state index >= 15 is 0 Å². The first-order valence-corrected chi connectivity index (χ1v) is 17.7. The Hall–Kier alpha value is -4.68. The molecule has 6 aromatic rings. The fourth-order valence-electron chi connectivity index (χ4n) is 8.81. The van der Waals surface area contributed by atoms with E-state index in [1.807, 2.05) is 0 Å². The highest BCUT2D eigenvalue weighted by atomic mass is 14.5. The smallest absolute Gasteiger partial charge is 0.0622 e. The Balaban J connectivity index is 1.42. The summed E-state index contributed by atoms with van der Waals surface area (Å²) in [6.45, 7) is 16.0. The molecule has 0 saturated heterocycles. The van der Waals surface area contributed by atoms with Gasteiger partial charge in [-0.25, -0.2) is 0 Å². The molecule has 0 N–H and O–H groups in total. The first-order valence-electron chi connectivity index (χ1n) is 17.7. The van der Waals surface area contributed by atoms with Crippen LogP contribution in [0.5, 0.6) is 0 Å². The van der Waals surface area contributed by atoms with Crippen LogP contribution in [-0.4, -0.2) is 0 Å². The van der Waals surface area contributed by atoms with Crippen LogP contribution in [0, 0.1) is 33.1 Å². The summed E-state index contributed by atoms with van der Waals surface area (Å²) in [6, 6.07) is 47.0. The molecule has 0 radical (unpaired) electrons. The van der Waals surface area contributed by atoms with Crippen LogP contribution in [0.25, 0.3) is 33.4 Å². The van der Waals surface area contributed by atoms with Gasteiger partial charge >= 0.3 is 0 Å². The van der Waals surface area contributed by atoms with Gasteiger partial charge < -0.3 is 0 Å². The van der Waals surface area contributed by atoms with Crippen LogP contribution in [-0.2, 0) is 11.8 Å². The molecule has 1 unspecified atom stereocenters. The highest BCUT2D eigenvalue weighted by Gasteiger charge is 2.47. The van der Waals surface area contributed by atoms with E-state index in [0.717, 1.165) is 6.42 Å². The van der Waals surface area contributed by atoms with E-state index in [2.05, 4.69) is 170 Å². The van der Waals surface area contributed by atoms with E-state index in [-0.39, 0.29) is 0 Å². The maximum Gasteiger partial charge on any atom is 0.0714 e. The van der Waals surface area contributed by atoms with E-state index in [0.29, 0.717) is 11.3 Å². The number of rotatable bonds is 5. The van der Waals surface area contributed by atoms with E-state index < -0.39 is 5.41 Å². The summed E-state index contributed by atoms with van der Waals surface area (Å²) in [7, 11) is 0. The number of hydrogen-bond acceptors (Lipinski definition) is 0. The summed E-state index contributed by atoms with van der Waals surface area (Å²) in [6.07, 6.45) is 2.39. The molecule has 0 bridgehead atoms. The predicted octanol–water partition coefficient (Wildman–Crippen LogP) is 12.7. The highest BCUT2D eigenvalue weighted by molar-refractivity contribution is 5.90. The van der Waals surface area contributed by atoms with Crippen molar-refractivity contribution in [1.29, 1.82) is 0 Å². The van der Waals surface area contributed by atoms with Crippen molar-refractivity contribution in [3.05, 3.63) is 177 Å². The minimum Gasteiger partial charge on any atom is -0.0622 e. The summed E-state index contributed by atoms with van der Waals surface area (Å²) in [5, 5.41) is 0. The Labute approximate surface area is 287 Å². The van der Waals surface area contributed by atoms with Crippen LogP contribution in [0.4, 0.5) is 0 Å². The van der Waals surface area contributed by atoms with Crippen molar-refractivity contribution in [2.24, 2.45) is 5.41 Å². The zero-order chi connectivity index (χ0) is 33.4. The highest BCUT2D eigenvalue weighted by Crippen LogP contribution is 2.58. The molecule has 0 heterocycles. The van der Waals surface area contributed by atoms with Gasteiger partial charge in [-0.1, -0.05) is 141 Å². The van der Waals surface area contributed by atoms with Gasteiger partial charge in [0.1, 0.15) is 0 Å². The van der Waals surface area contributed by atoms with Gasteiger partial charge in [-0.3, -0.25) is 0 Å². The zero-order valence-electron chi connectivity index (χ0n) is 29.5. The van der Waals surface area contributed by atoms with Gasteiger partial charge in [-0.2, -0.15) is 0 Å². The maximum absolute atomic E-state index is 2.57. The minimum atomic E-state index is -0.447. The van der Waals surface area contributed by atoms with Gasteiger partial charge in [0.15, 0.2) is 0 Å². The van der Waals surface area contributed by atoms with Crippen LogP contribution in [0.1, 0.15) is 88.7 Å². The summed E-state index contributed by atoms with van der Waals surface area (Å²) >= 11 is 0. The van der Waals surface area contributed by atoms with Crippen LogP contribution < -0.4 is 0 Å². The molecule has 0 aromatic heterocycles. The maximum atomic E-state index is 2.57. The van der Waals surface area contributed by atoms with Crippen molar-refractivity contribution in [3.63, 3.8) is 0 Å². The van der Waals surface area contributed by atoms with Crippen molar-refractivity contribution >= 4 is 0 Å². The topological polar surface area (TPSA) is 0 Å². The second kappa shape index (κ2) is 11.2. The second-order valence-electron chi connectivity index (χ2n) is 15.9. The Morgan fingerprint density at radius 3 is 1.62 bits per heavy atom. The molecule has 6 aromatic carbocycles. The summed E-state index contributed by atoms with van der Waals surface area (Å²) in [4.78, 5) is 0. The SMILES string of the molecule is Cc1ccc(C)c(-c2ccc3c(c2)C(c2ccccc2)(c2ccc4c(c2)CC4CC(C)(C)C)c2cc(-c4cc(C)ccc4C)ccc2-3)c1. The van der Waals surface area contributed by atoms with Gasteiger partial charge in [0, 0.05) is 0 Å². The monoisotopic (exact) mass is 622 g/mol. The lowest BCUT2D eigenvalue weighted by atomic mass is 9.64. The number of hydrogen-bond donors (Lipinski definition) is 0. The lowest BCUT2D eigenvalue weighted by Gasteiger charge is -2.39. The zero-order valence-corrected chi connectivity index (χ0v) is 29.5. The van der Waals surface area contributed by atoms with Crippen molar-refractivity contribution in [2.75, 3.05) is 0 Å². The summed E-state index contributed by atoms with van der Waals surface area (Å²) in [5.74, 6) is 0.650. The van der Waals surface area contributed by atoms with Crippen LogP contribution in [0.15, 0.2) is 121 Å². The lowest BCUT2D eigenvalue weighted by Crippen LogP contribution is -2.30. The van der Waals surface area contributed by atoms with Crippen LogP contribution in [0.2, 0.25) is 0 Å². The molecule has 1 atom stereocenters. The fourth-order valence-corrected chi connectivity index (χ4v) is 8.81. The molecule has 2 aliphatic rings. The Kier molecular flexibility index (Phi) is 7.15. The number of aryl methyl sites for hydroxylation is 4. The van der Waals surface area contributed by atoms with Crippen LogP contribution in [0.3, 0.4) is 0 Å². The quantitative estimate of drug-likeness (QED) is 0.179. The minimum absolute atomic E-state index is 0.324. The standard InChI is InChI=1S/C48H46/c1-30-13-15-32(3)43(23-30)34-17-20-41-42-21-18-35(44-24-31(2)14-16-33(44)4)28-46(42)48(45(41)27-34,38-11-9-8-10-12-38)39-19-22-40-36(26-39)25-37(40)29-47(5,6)7/h8-24,26-28,37H,25,29H2,1-7H3. The van der Waals surface area contributed by atoms with E-state index in [1.165, 1.54) is 89.9 Å². The molecule has 2 aliphatic carbocycles. The van der Waals surface area contributed by atoms with E-state index in [1.54, 1.807) is 5.56 Å². The van der Waals surface area contributed by atoms with Crippen molar-refractivity contribution in [3.8, 4) is 33.4 Å². The summed E-state index contributed by atoms with van der Waals surface area (Å²) < 4.78 is 0. The molecule has 238 valence electrons. The Morgan fingerprint density at radius 1 is 0.542 bits per heavy atom. The molecule has 0 heteroatoms. The summed E-state index contributed by atoms with van der Waals surface area (Å²) in [5.41, 5.74) is 21.5. The average Bonchev–Trinajstić information content (AvgIpc) is 3.35. The normalized spacial score (nSPS) is 15.8. The molecule has 0 aliphatic heterocycles. The lowest BCUT2D eigenvalue weighted by molar-refractivity contribution is 0.323. The third-order valence-corrected chi connectivity index (χ3v) is 11.1. The molecule has 48 heavy (non-hydrogen) atoms. The molecule has 8 rings (SSSR count). The number of fused-ring (bicyclic) bond motifs is 4. The molecule has 0 nitrogen and oxygen atoms in total. The second-order valence-corrected chi connectivity index (χ2v) is 15.9. The van der Waals surface area contributed by atoms with Crippen LogP contribution >= 0.6 is 0 Å². The first-order chi connectivity index (χ1) is 23.0. The molecule has 0 fully saturated rings. The van der Waals surface area contributed by atoms with Crippen molar-refractivity contribution in [1.82, 2.24) is 0 Å². The molecule has 0 spiro atoms. The first kappa shape index (κ1) is 30.6. The van der Waals surface area contributed by atoms with Crippen molar-refractivity contribution in [2.45, 2.75) is 72.6 Å². The Bertz CT molecular complexity index is 2100. The molecule has 0 saturated carbocycles. The third kappa shape index (κ3) is 4.88. The van der Waals surface area contributed by atoms with Gasteiger partial charge in [0.05, 0.1) is 5.41 Å². The fraction of sp³-hybridized carbons (Fsp3) is 0.250. The van der Waals surface area contributed by atoms with Gasteiger partial charge in [0.2, 0.25) is 0 Å². The number of benzene rings is 6. The average molecular weight is 623 g/mol. The van der Waals surface area contributed by atoms with E-state index in [9.17, 15) is 0 Å². The van der Waals surface area contributed by atoms with Gasteiger partial charge in [0.25, 0.3) is 0 Å². The Morgan fingerprint density at radius 2 is 1.10 bits per heavy atom. The molecular weight excluding hydrogens is 577 g/mol. The van der Waals surface area contributed by atoms with Gasteiger partial charge in [-0.15, -0.1) is 0 Å². The largest absolute Gasteiger partial charge is 0.0714 e. The molecular formula is C48H46.